The van der Waals surface area contributed by atoms with E-state index in [0.29, 0.717) is 5.56 Å². The first-order valence-corrected chi connectivity index (χ1v) is 9.40. The van der Waals surface area contributed by atoms with Gasteiger partial charge >= 0.3 is 6.03 Å². The third kappa shape index (κ3) is 3.16. The number of benzene rings is 2. The van der Waals surface area contributed by atoms with Gasteiger partial charge in [0.2, 0.25) is 5.91 Å². The molecule has 1 aliphatic carbocycles. The van der Waals surface area contributed by atoms with Gasteiger partial charge in [-0.15, -0.1) is 0 Å². The SMILES string of the molecule is CC1(c2ccc3ccccc3c2)NC(=O)N(CC(=O)NC2CCCC2)C1=O. The van der Waals surface area contributed by atoms with Gasteiger partial charge in [-0.1, -0.05) is 49.2 Å². The Kier molecular flexibility index (Phi) is 4.34. The van der Waals surface area contributed by atoms with Gasteiger partial charge in [-0.3, -0.25) is 14.5 Å². The zero-order valence-electron chi connectivity index (χ0n) is 15.3. The van der Waals surface area contributed by atoms with E-state index < -0.39 is 17.5 Å². The minimum atomic E-state index is -1.17. The molecule has 0 radical (unpaired) electrons. The molecule has 2 aromatic carbocycles. The van der Waals surface area contributed by atoms with E-state index in [1.165, 1.54) is 0 Å². The highest BCUT2D eigenvalue weighted by Crippen LogP contribution is 2.31. The van der Waals surface area contributed by atoms with Crippen molar-refractivity contribution in [1.82, 2.24) is 15.5 Å². The number of urea groups is 1. The van der Waals surface area contributed by atoms with Crippen LogP contribution in [0.25, 0.3) is 10.8 Å². The first kappa shape index (κ1) is 17.5. The van der Waals surface area contributed by atoms with Crippen molar-refractivity contribution in [2.45, 2.75) is 44.2 Å². The summed E-state index contributed by atoms with van der Waals surface area (Å²) < 4.78 is 0. The first-order chi connectivity index (χ1) is 13.0. The highest BCUT2D eigenvalue weighted by Gasteiger charge is 2.49. The summed E-state index contributed by atoms with van der Waals surface area (Å²) in [7, 11) is 0. The van der Waals surface area contributed by atoms with Crippen molar-refractivity contribution in [2.75, 3.05) is 6.54 Å². The predicted molar refractivity (Wildman–Crippen MR) is 102 cm³/mol. The van der Waals surface area contributed by atoms with Crippen LogP contribution >= 0.6 is 0 Å². The zero-order chi connectivity index (χ0) is 19.0. The third-order valence-electron chi connectivity index (χ3n) is 5.62. The monoisotopic (exact) mass is 365 g/mol. The Bertz CT molecular complexity index is 920. The fourth-order valence-electron chi connectivity index (χ4n) is 4.02. The molecule has 1 unspecified atom stereocenters. The quantitative estimate of drug-likeness (QED) is 0.818. The van der Waals surface area contributed by atoms with Crippen molar-refractivity contribution in [3.8, 4) is 0 Å². The lowest BCUT2D eigenvalue weighted by Crippen LogP contribution is -2.45. The molecular formula is C21H23N3O3. The van der Waals surface area contributed by atoms with E-state index >= 15 is 0 Å². The molecule has 4 amide bonds. The molecule has 2 fully saturated rings. The van der Waals surface area contributed by atoms with Crippen LogP contribution in [0.15, 0.2) is 42.5 Å². The lowest BCUT2D eigenvalue weighted by Gasteiger charge is -2.23. The largest absolute Gasteiger partial charge is 0.352 e. The van der Waals surface area contributed by atoms with Gasteiger partial charge in [0.05, 0.1) is 0 Å². The molecule has 0 aromatic heterocycles. The maximum absolute atomic E-state index is 13.0. The normalized spacial score (nSPS) is 23.1. The highest BCUT2D eigenvalue weighted by atomic mass is 16.2. The molecule has 0 spiro atoms. The highest BCUT2D eigenvalue weighted by molar-refractivity contribution is 6.09. The number of hydrogen-bond donors (Lipinski definition) is 2. The van der Waals surface area contributed by atoms with E-state index in [-0.39, 0.29) is 18.5 Å². The molecule has 6 nitrogen and oxygen atoms in total. The summed E-state index contributed by atoms with van der Waals surface area (Å²) in [4.78, 5) is 38.7. The van der Waals surface area contributed by atoms with Crippen LogP contribution in [-0.4, -0.2) is 35.3 Å². The fourth-order valence-corrected chi connectivity index (χ4v) is 4.02. The van der Waals surface area contributed by atoms with Gasteiger partial charge in [-0.05, 0) is 42.2 Å². The minimum Gasteiger partial charge on any atom is -0.352 e. The number of amides is 4. The average molecular weight is 365 g/mol. The topological polar surface area (TPSA) is 78.5 Å². The van der Waals surface area contributed by atoms with E-state index in [9.17, 15) is 14.4 Å². The Morgan fingerprint density at radius 1 is 1.15 bits per heavy atom. The van der Waals surface area contributed by atoms with Gasteiger partial charge in [0.25, 0.3) is 5.91 Å². The van der Waals surface area contributed by atoms with Gasteiger partial charge in [0.15, 0.2) is 0 Å². The Labute approximate surface area is 157 Å². The number of nitrogens with zero attached hydrogens (tertiary/aromatic N) is 1. The molecule has 1 saturated carbocycles. The molecule has 27 heavy (non-hydrogen) atoms. The van der Waals surface area contributed by atoms with E-state index in [0.717, 1.165) is 41.4 Å². The number of carbonyl (C=O) groups is 3. The first-order valence-electron chi connectivity index (χ1n) is 9.40. The van der Waals surface area contributed by atoms with Crippen molar-refractivity contribution in [3.05, 3.63) is 48.0 Å². The number of hydrogen-bond acceptors (Lipinski definition) is 3. The van der Waals surface area contributed by atoms with Crippen LogP contribution in [0.2, 0.25) is 0 Å². The van der Waals surface area contributed by atoms with Crippen molar-refractivity contribution in [1.29, 1.82) is 0 Å². The predicted octanol–water partition coefficient (Wildman–Crippen LogP) is 2.67. The molecule has 2 aliphatic rings. The second kappa shape index (κ2) is 6.68. The minimum absolute atomic E-state index is 0.158. The molecule has 6 heteroatoms. The summed E-state index contributed by atoms with van der Waals surface area (Å²) in [6, 6.07) is 13.2. The molecule has 2 aromatic rings. The lowest BCUT2D eigenvalue weighted by molar-refractivity contribution is -0.135. The second-order valence-corrected chi connectivity index (χ2v) is 7.56. The molecule has 1 aliphatic heterocycles. The maximum Gasteiger partial charge on any atom is 0.325 e. The third-order valence-corrected chi connectivity index (χ3v) is 5.62. The van der Waals surface area contributed by atoms with Gasteiger partial charge in [0.1, 0.15) is 12.1 Å². The Hall–Kier alpha value is -2.89. The van der Waals surface area contributed by atoms with Crippen LogP contribution in [0.4, 0.5) is 4.79 Å². The summed E-state index contributed by atoms with van der Waals surface area (Å²) >= 11 is 0. The Morgan fingerprint density at radius 3 is 2.59 bits per heavy atom. The van der Waals surface area contributed by atoms with E-state index in [1.807, 2.05) is 42.5 Å². The van der Waals surface area contributed by atoms with Crippen LogP contribution in [-0.2, 0) is 15.1 Å². The van der Waals surface area contributed by atoms with Gasteiger partial charge in [-0.25, -0.2) is 4.79 Å². The Balaban J connectivity index is 1.54. The number of rotatable bonds is 4. The summed E-state index contributed by atoms with van der Waals surface area (Å²) in [5, 5.41) is 7.75. The standard InChI is InChI=1S/C21H23N3O3/c1-21(16-11-10-14-6-2-3-7-15(14)12-16)19(26)24(20(27)23-21)13-18(25)22-17-8-4-5-9-17/h2-3,6-7,10-12,17H,4-5,8-9,13H2,1H3,(H,22,25)(H,23,27). The molecule has 1 atom stereocenters. The molecule has 4 rings (SSSR count). The smallest absolute Gasteiger partial charge is 0.325 e. The summed E-state index contributed by atoms with van der Waals surface area (Å²) in [6.45, 7) is 1.44. The van der Waals surface area contributed by atoms with E-state index in [1.54, 1.807) is 6.92 Å². The van der Waals surface area contributed by atoms with Crippen molar-refractivity contribution < 1.29 is 14.4 Å². The zero-order valence-corrected chi connectivity index (χ0v) is 15.3. The summed E-state index contributed by atoms with van der Waals surface area (Å²) in [6.07, 6.45) is 4.13. The van der Waals surface area contributed by atoms with Crippen molar-refractivity contribution in [2.24, 2.45) is 0 Å². The molecule has 140 valence electrons. The van der Waals surface area contributed by atoms with Crippen LogP contribution in [0.5, 0.6) is 0 Å². The fraction of sp³-hybridized carbons (Fsp3) is 0.381. The Morgan fingerprint density at radius 2 is 1.85 bits per heavy atom. The number of imide groups is 1. The average Bonchev–Trinajstić information content (AvgIpc) is 3.24. The van der Waals surface area contributed by atoms with E-state index in [2.05, 4.69) is 10.6 Å². The van der Waals surface area contributed by atoms with Crippen molar-refractivity contribution in [3.63, 3.8) is 0 Å². The number of fused-ring (bicyclic) bond motifs is 1. The molecule has 1 heterocycles. The molecule has 0 bridgehead atoms. The number of nitrogens with one attached hydrogen (secondary N) is 2. The summed E-state index contributed by atoms with van der Waals surface area (Å²) in [5.41, 5.74) is -0.465. The summed E-state index contributed by atoms with van der Waals surface area (Å²) in [5.74, 6) is -0.683. The van der Waals surface area contributed by atoms with E-state index in [4.69, 9.17) is 0 Å². The van der Waals surface area contributed by atoms with Gasteiger partial charge in [-0.2, -0.15) is 0 Å². The maximum atomic E-state index is 13.0. The van der Waals surface area contributed by atoms with Gasteiger partial charge < -0.3 is 10.6 Å². The van der Waals surface area contributed by atoms with Crippen LogP contribution in [0.3, 0.4) is 0 Å². The van der Waals surface area contributed by atoms with Gasteiger partial charge in [0, 0.05) is 6.04 Å². The molecule has 1 saturated heterocycles. The lowest BCUT2D eigenvalue weighted by atomic mass is 9.90. The molecular weight excluding hydrogens is 342 g/mol. The second-order valence-electron chi connectivity index (χ2n) is 7.56. The van der Waals surface area contributed by atoms with Crippen molar-refractivity contribution >= 4 is 28.6 Å². The van der Waals surface area contributed by atoms with Crippen LogP contribution in [0, 0.1) is 0 Å². The van der Waals surface area contributed by atoms with Crippen LogP contribution < -0.4 is 10.6 Å². The molecule has 2 N–H and O–H groups in total. The number of carbonyl (C=O) groups excluding carboxylic acids is 3. The van der Waals surface area contributed by atoms with Crippen LogP contribution in [0.1, 0.15) is 38.2 Å².